The molecule has 0 radical (unpaired) electrons. The lowest BCUT2D eigenvalue weighted by atomic mass is 10.1. The van der Waals surface area contributed by atoms with Crippen molar-refractivity contribution in [3.63, 3.8) is 0 Å². The fourth-order valence-corrected chi connectivity index (χ4v) is 4.00. The summed E-state index contributed by atoms with van der Waals surface area (Å²) >= 11 is 0. The number of aromatic nitrogens is 1. The number of carbonyl (C=O) groups excluding carboxylic acids is 1. The Kier molecular flexibility index (Phi) is 5.13. The molecule has 152 valence electrons. The van der Waals surface area contributed by atoms with Crippen LogP contribution in [0.5, 0.6) is 5.75 Å². The molecule has 3 aromatic rings. The Hall–Kier alpha value is -3.09. The van der Waals surface area contributed by atoms with Gasteiger partial charge in [-0.05, 0) is 56.4 Å². The summed E-state index contributed by atoms with van der Waals surface area (Å²) in [5.74, 6) is 1.19. The summed E-state index contributed by atoms with van der Waals surface area (Å²) in [4.78, 5) is 26.5. The van der Waals surface area contributed by atoms with E-state index in [1.165, 1.54) is 6.07 Å². The Balaban J connectivity index is 1.58. The molecule has 1 aliphatic rings. The van der Waals surface area contributed by atoms with Gasteiger partial charge >= 0.3 is 5.63 Å². The van der Waals surface area contributed by atoms with Crippen molar-refractivity contribution in [1.29, 1.82) is 0 Å². The standard InChI is InChI=1S/C22H24N2O5/c1-4-15-11-21(26)28-19-9-13(2)8-18(22(15)19)27-12-20(25)24-7-5-6-17(24)16-10-14(3)29-23-16/h8-11,17H,4-7,12H2,1-3H3. The van der Waals surface area contributed by atoms with Crippen LogP contribution in [-0.2, 0) is 11.2 Å². The number of benzene rings is 1. The van der Waals surface area contributed by atoms with Gasteiger partial charge < -0.3 is 18.6 Å². The van der Waals surface area contributed by atoms with Crippen LogP contribution in [0.2, 0.25) is 0 Å². The molecule has 1 amide bonds. The minimum absolute atomic E-state index is 0.0815. The molecule has 0 saturated carbocycles. The van der Waals surface area contributed by atoms with E-state index in [1.54, 1.807) is 4.90 Å². The van der Waals surface area contributed by atoms with Crippen molar-refractivity contribution in [2.45, 2.75) is 46.1 Å². The summed E-state index contributed by atoms with van der Waals surface area (Å²) in [7, 11) is 0. The third-order valence-corrected chi connectivity index (χ3v) is 5.33. The molecule has 1 aromatic carbocycles. The van der Waals surface area contributed by atoms with Gasteiger partial charge in [0, 0.05) is 18.7 Å². The average Bonchev–Trinajstić information content (AvgIpc) is 3.33. The third kappa shape index (κ3) is 3.77. The number of hydrogen-bond acceptors (Lipinski definition) is 6. The van der Waals surface area contributed by atoms with E-state index < -0.39 is 0 Å². The zero-order valence-electron chi connectivity index (χ0n) is 16.9. The molecule has 0 spiro atoms. The summed E-state index contributed by atoms with van der Waals surface area (Å²) in [6, 6.07) is 6.96. The molecular formula is C22H24N2O5. The zero-order chi connectivity index (χ0) is 20.5. The first-order valence-corrected chi connectivity index (χ1v) is 9.89. The van der Waals surface area contributed by atoms with Crippen molar-refractivity contribution in [3.05, 3.63) is 57.3 Å². The zero-order valence-corrected chi connectivity index (χ0v) is 16.9. The van der Waals surface area contributed by atoms with E-state index in [0.29, 0.717) is 24.3 Å². The number of rotatable bonds is 5. The smallest absolute Gasteiger partial charge is 0.336 e. The van der Waals surface area contributed by atoms with E-state index in [4.69, 9.17) is 13.7 Å². The highest BCUT2D eigenvalue weighted by Crippen LogP contribution is 2.33. The molecule has 1 unspecified atom stereocenters. The summed E-state index contributed by atoms with van der Waals surface area (Å²) in [6.45, 7) is 6.29. The second-order valence-corrected chi connectivity index (χ2v) is 7.48. The predicted octanol–water partition coefficient (Wildman–Crippen LogP) is 3.70. The van der Waals surface area contributed by atoms with Crippen molar-refractivity contribution >= 4 is 16.9 Å². The fraction of sp³-hybridized carbons (Fsp3) is 0.409. The van der Waals surface area contributed by atoms with Crippen molar-refractivity contribution in [2.75, 3.05) is 13.2 Å². The summed E-state index contributed by atoms with van der Waals surface area (Å²) in [5.41, 5.74) is 2.62. The summed E-state index contributed by atoms with van der Waals surface area (Å²) in [6.07, 6.45) is 2.44. The Morgan fingerprint density at radius 2 is 2.10 bits per heavy atom. The van der Waals surface area contributed by atoms with Crippen LogP contribution in [0.4, 0.5) is 0 Å². The minimum Gasteiger partial charge on any atom is -0.483 e. The SMILES string of the molecule is CCc1cc(=O)oc2cc(C)cc(OCC(=O)N3CCCC3c3cc(C)on3)c12. The molecule has 4 rings (SSSR count). The summed E-state index contributed by atoms with van der Waals surface area (Å²) < 4.78 is 16.5. The summed E-state index contributed by atoms with van der Waals surface area (Å²) in [5, 5.41) is 4.83. The van der Waals surface area contributed by atoms with E-state index in [1.807, 2.05) is 39.0 Å². The fourth-order valence-electron chi connectivity index (χ4n) is 4.00. The molecular weight excluding hydrogens is 372 g/mol. The average molecular weight is 396 g/mol. The lowest BCUT2D eigenvalue weighted by molar-refractivity contribution is -0.134. The lowest BCUT2D eigenvalue weighted by Gasteiger charge is -2.23. The van der Waals surface area contributed by atoms with Gasteiger partial charge in [0.2, 0.25) is 0 Å². The highest BCUT2D eigenvalue weighted by atomic mass is 16.5. The Morgan fingerprint density at radius 1 is 1.28 bits per heavy atom. The van der Waals surface area contributed by atoms with Crippen LogP contribution in [0.3, 0.4) is 0 Å². The topological polar surface area (TPSA) is 85.8 Å². The first-order valence-electron chi connectivity index (χ1n) is 9.89. The van der Waals surface area contributed by atoms with Gasteiger partial charge in [0.05, 0.1) is 11.4 Å². The maximum absolute atomic E-state index is 12.9. The number of likely N-dealkylation sites (tertiary alicyclic amines) is 1. The molecule has 0 N–H and O–H groups in total. The molecule has 1 saturated heterocycles. The van der Waals surface area contributed by atoms with Crippen LogP contribution in [0.15, 0.2) is 38.0 Å². The Bertz CT molecular complexity index is 1110. The number of ether oxygens (including phenoxy) is 1. The normalized spacial score (nSPS) is 16.5. The molecule has 7 nitrogen and oxygen atoms in total. The maximum Gasteiger partial charge on any atom is 0.336 e. The highest BCUT2D eigenvalue weighted by molar-refractivity contribution is 5.88. The molecule has 29 heavy (non-hydrogen) atoms. The van der Waals surface area contributed by atoms with E-state index in [-0.39, 0.29) is 24.2 Å². The molecule has 0 bridgehead atoms. The second kappa shape index (κ2) is 7.73. The van der Waals surface area contributed by atoms with Crippen LogP contribution in [0, 0.1) is 13.8 Å². The van der Waals surface area contributed by atoms with E-state index >= 15 is 0 Å². The number of fused-ring (bicyclic) bond motifs is 1. The van der Waals surface area contributed by atoms with Gasteiger partial charge in [-0.15, -0.1) is 0 Å². The van der Waals surface area contributed by atoms with Crippen LogP contribution in [-0.4, -0.2) is 29.1 Å². The van der Waals surface area contributed by atoms with Crippen LogP contribution < -0.4 is 10.4 Å². The van der Waals surface area contributed by atoms with Crippen LogP contribution >= 0.6 is 0 Å². The van der Waals surface area contributed by atoms with Crippen LogP contribution in [0.25, 0.3) is 11.0 Å². The molecule has 3 heterocycles. The molecule has 7 heteroatoms. The van der Waals surface area contributed by atoms with E-state index in [9.17, 15) is 9.59 Å². The Morgan fingerprint density at radius 3 is 2.83 bits per heavy atom. The van der Waals surface area contributed by atoms with Crippen molar-refractivity contribution in [2.24, 2.45) is 0 Å². The molecule has 1 atom stereocenters. The highest BCUT2D eigenvalue weighted by Gasteiger charge is 2.32. The first-order chi connectivity index (χ1) is 14.0. The predicted molar refractivity (Wildman–Crippen MR) is 107 cm³/mol. The molecule has 1 fully saturated rings. The number of aryl methyl sites for hydroxylation is 3. The maximum atomic E-state index is 12.9. The van der Waals surface area contributed by atoms with Gasteiger partial charge in [-0.2, -0.15) is 0 Å². The van der Waals surface area contributed by atoms with Gasteiger partial charge in [-0.1, -0.05) is 12.1 Å². The monoisotopic (exact) mass is 396 g/mol. The van der Waals surface area contributed by atoms with E-state index in [2.05, 4.69) is 5.16 Å². The van der Waals surface area contributed by atoms with Gasteiger partial charge in [-0.25, -0.2) is 4.79 Å². The van der Waals surface area contributed by atoms with E-state index in [0.717, 1.165) is 40.8 Å². The molecule has 2 aromatic heterocycles. The van der Waals surface area contributed by atoms with Crippen LogP contribution in [0.1, 0.15) is 48.4 Å². The lowest BCUT2D eigenvalue weighted by Crippen LogP contribution is -2.34. The largest absolute Gasteiger partial charge is 0.483 e. The Labute approximate surface area is 168 Å². The first kappa shape index (κ1) is 19.2. The van der Waals surface area contributed by atoms with Crippen molar-refractivity contribution in [3.8, 4) is 5.75 Å². The van der Waals surface area contributed by atoms with Gasteiger partial charge in [-0.3, -0.25) is 4.79 Å². The van der Waals surface area contributed by atoms with Gasteiger partial charge in [0.15, 0.2) is 6.61 Å². The second-order valence-electron chi connectivity index (χ2n) is 7.48. The van der Waals surface area contributed by atoms with Gasteiger partial charge in [0.25, 0.3) is 5.91 Å². The number of hydrogen-bond donors (Lipinski definition) is 0. The van der Waals surface area contributed by atoms with Crippen molar-refractivity contribution in [1.82, 2.24) is 10.1 Å². The van der Waals surface area contributed by atoms with Gasteiger partial charge in [0.1, 0.15) is 22.8 Å². The number of amides is 1. The minimum atomic E-state index is -0.384. The number of carbonyl (C=O) groups is 1. The molecule has 0 aliphatic carbocycles. The number of nitrogens with zero attached hydrogens (tertiary/aromatic N) is 2. The third-order valence-electron chi connectivity index (χ3n) is 5.33. The quantitative estimate of drug-likeness (QED) is 0.611. The van der Waals surface area contributed by atoms with Crippen molar-refractivity contribution < 1.29 is 18.5 Å². The molecule has 1 aliphatic heterocycles.